The SMILES string of the molecule is COc1ccc2c(c1)C1CCC1C(=O)C2. The molecule has 15 heavy (non-hydrogen) atoms. The number of Topliss-reactive ketones (excluding diaryl/α,β-unsaturated/α-hetero) is 1. The molecule has 0 radical (unpaired) electrons. The minimum absolute atomic E-state index is 0.310. The van der Waals surface area contributed by atoms with E-state index in [1.807, 2.05) is 12.1 Å². The van der Waals surface area contributed by atoms with E-state index in [-0.39, 0.29) is 0 Å². The second-order valence-electron chi connectivity index (χ2n) is 4.50. The van der Waals surface area contributed by atoms with Crippen molar-refractivity contribution < 1.29 is 9.53 Å². The van der Waals surface area contributed by atoms with Crippen molar-refractivity contribution >= 4 is 5.78 Å². The van der Waals surface area contributed by atoms with Crippen LogP contribution in [0.25, 0.3) is 0 Å². The molecule has 0 spiro atoms. The zero-order valence-electron chi connectivity index (χ0n) is 8.82. The Balaban J connectivity index is 2.06. The molecule has 2 atom stereocenters. The number of ether oxygens (including phenoxy) is 1. The molecule has 1 fully saturated rings. The fraction of sp³-hybridized carbons (Fsp3) is 0.462. The number of hydrogen-bond acceptors (Lipinski definition) is 2. The van der Waals surface area contributed by atoms with Crippen LogP contribution in [-0.4, -0.2) is 12.9 Å². The zero-order valence-corrected chi connectivity index (χ0v) is 8.82. The number of carbonyl (C=O) groups is 1. The van der Waals surface area contributed by atoms with Gasteiger partial charge in [-0.1, -0.05) is 6.07 Å². The monoisotopic (exact) mass is 202 g/mol. The molecule has 2 aliphatic carbocycles. The van der Waals surface area contributed by atoms with Gasteiger partial charge in [0.1, 0.15) is 11.5 Å². The highest BCUT2D eigenvalue weighted by Gasteiger charge is 2.41. The van der Waals surface area contributed by atoms with Gasteiger partial charge in [0.2, 0.25) is 0 Å². The summed E-state index contributed by atoms with van der Waals surface area (Å²) >= 11 is 0. The Labute approximate surface area is 89.2 Å². The molecule has 0 N–H and O–H groups in total. The summed E-state index contributed by atoms with van der Waals surface area (Å²) < 4.78 is 5.23. The van der Waals surface area contributed by atoms with Gasteiger partial charge < -0.3 is 4.74 Å². The predicted octanol–water partition coefficient (Wildman–Crippen LogP) is 2.31. The van der Waals surface area contributed by atoms with Crippen LogP contribution in [-0.2, 0) is 11.2 Å². The first kappa shape index (κ1) is 8.96. The van der Waals surface area contributed by atoms with Crippen LogP contribution < -0.4 is 4.74 Å². The maximum atomic E-state index is 11.7. The van der Waals surface area contributed by atoms with E-state index in [4.69, 9.17) is 4.74 Å². The molecule has 2 heteroatoms. The van der Waals surface area contributed by atoms with Crippen LogP contribution in [0.5, 0.6) is 5.75 Å². The lowest BCUT2D eigenvalue weighted by Crippen LogP contribution is -2.36. The topological polar surface area (TPSA) is 26.3 Å². The standard InChI is InChI=1S/C13H14O2/c1-15-9-3-2-8-6-13(14)11-5-4-10(11)12(8)7-9/h2-3,7,10-11H,4-6H2,1H3. The van der Waals surface area contributed by atoms with Crippen molar-refractivity contribution in [2.24, 2.45) is 5.92 Å². The average molecular weight is 202 g/mol. The summed E-state index contributed by atoms with van der Waals surface area (Å²) in [5.74, 6) is 2.14. The Kier molecular flexibility index (Phi) is 1.84. The maximum absolute atomic E-state index is 11.7. The lowest BCUT2D eigenvalue weighted by atomic mass is 9.62. The second-order valence-corrected chi connectivity index (χ2v) is 4.50. The van der Waals surface area contributed by atoms with Gasteiger partial charge in [-0.2, -0.15) is 0 Å². The third kappa shape index (κ3) is 1.21. The van der Waals surface area contributed by atoms with Crippen molar-refractivity contribution in [2.75, 3.05) is 7.11 Å². The van der Waals surface area contributed by atoms with Gasteiger partial charge in [-0.25, -0.2) is 0 Å². The van der Waals surface area contributed by atoms with Crippen molar-refractivity contribution in [1.82, 2.24) is 0 Å². The van der Waals surface area contributed by atoms with E-state index in [0.717, 1.165) is 18.6 Å². The number of methoxy groups -OCH3 is 1. The second kappa shape index (κ2) is 3.09. The maximum Gasteiger partial charge on any atom is 0.140 e. The third-order valence-electron chi connectivity index (χ3n) is 3.81. The number of hydrogen-bond donors (Lipinski definition) is 0. The lowest BCUT2D eigenvalue weighted by Gasteiger charge is -2.40. The largest absolute Gasteiger partial charge is 0.497 e. The Morgan fingerprint density at radius 3 is 2.73 bits per heavy atom. The fourth-order valence-electron chi connectivity index (χ4n) is 2.78. The van der Waals surface area contributed by atoms with E-state index >= 15 is 0 Å². The van der Waals surface area contributed by atoms with Gasteiger partial charge >= 0.3 is 0 Å². The van der Waals surface area contributed by atoms with Crippen LogP contribution in [0.4, 0.5) is 0 Å². The first-order valence-electron chi connectivity index (χ1n) is 5.49. The summed E-state index contributed by atoms with van der Waals surface area (Å²) in [6.45, 7) is 0. The highest BCUT2D eigenvalue weighted by molar-refractivity contribution is 5.87. The van der Waals surface area contributed by atoms with Crippen LogP contribution in [0.1, 0.15) is 29.9 Å². The van der Waals surface area contributed by atoms with E-state index in [2.05, 4.69) is 6.07 Å². The van der Waals surface area contributed by atoms with Crippen molar-refractivity contribution in [3.8, 4) is 5.75 Å². The predicted molar refractivity (Wildman–Crippen MR) is 57.2 cm³/mol. The lowest BCUT2D eigenvalue weighted by molar-refractivity contribution is -0.126. The van der Waals surface area contributed by atoms with Crippen LogP contribution in [0.15, 0.2) is 18.2 Å². The molecule has 2 unspecified atom stereocenters. The van der Waals surface area contributed by atoms with Crippen molar-refractivity contribution in [2.45, 2.75) is 25.2 Å². The summed E-state index contributed by atoms with van der Waals surface area (Å²) in [5, 5.41) is 0. The average Bonchev–Trinajstić information content (AvgIpc) is 2.17. The van der Waals surface area contributed by atoms with Gasteiger partial charge in [0.15, 0.2) is 0 Å². The van der Waals surface area contributed by atoms with E-state index in [9.17, 15) is 4.79 Å². The molecule has 0 bridgehead atoms. The number of carbonyl (C=O) groups excluding carboxylic acids is 1. The Morgan fingerprint density at radius 1 is 1.27 bits per heavy atom. The molecule has 0 heterocycles. The first-order chi connectivity index (χ1) is 7.29. The minimum Gasteiger partial charge on any atom is -0.497 e. The molecular weight excluding hydrogens is 188 g/mol. The summed E-state index contributed by atoms with van der Waals surface area (Å²) in [6.07, 6.45) is 2.87. The Morgan fingerprint density at radius 2 is 2.07 bits per heavy atom. The van der Waals surface area contributed by atoms with E-state index in [0.29, 0.717) is 24.0 Å². The van der Waals surface area contributed by atoms with Crippen molar-refractivity contribution in [3.05, 3.63) is 29.3 Å². The first-order valence-corrected chi connectivity index (χ1v) is 5.49. The Bertz CT molecular complexity index is 423. The van der Waals surface area contributed by atoms with Crippen LogP contribution in [0, 0.1) is 5.92 Å². The molecular formula is C13H14O2. The van der Waals surface area contributed by atoms with Crippen LogP contribution >= 0.6 is 0 Å². The molecule has 2 aliphatic rings. The molecule has 1 aromatic rings. The third-order valence-corrected chi connectivity index (χ3v) is 3.81. The number of ketones is 1. The minimum atomic E-state index is 0.310. The van der Waals surface area contributed by atoms with Gasteiger partial charge in [-0.15, -0.1) is 0 Å². The fourth-order valence-corrected chi connectivity index (χ4v) is 2.78. The van der Waals surface area contributed by atoms with Gasteiger partial charge in [0.25, 0.3) is 0 Å². The molecule has 0 amide bonds. The zero-order chi connectivity index (χ0) is 10.4. The molecule has 1 aromatic carbocycles. The highest BCUT2D eigenvalue weighted by atomic mass is 16.5. The van der Waals surface area contributed by atoms with Crippen LogP contribution in [0.2, 0.25) is 0 Å². The van der Waals surface area contributed by atoms with E-state index in [1.165, 1.54) is 11.1 Å². The van der Waals surface area contributed by atoms with Crippen LogP contribution in [0.3, 0.4) is 0 Å². The summed E-state index contributed by atoms with van der Waals surface area (Å²) in [7, 11) is 1.69. The van der Waals surface area contributed by atoms with Crippen molar-refractivity contribution in [3.63, 3.8) is 0 Å². The quantitative estimate of drug-likeness (QED) is 0.698. The molecule has 0 saturated heterocycles. The summed E-state index contributed by atoms with van der Waals surface area (Å²) in [6, 6.07) is 6.10. The molecule has 0 aromatic heterocycles. The molecule has 0 aliphatic heterocycles. The number of benzene rings is 1. The van der Waals surface area contributed by atoms with Crippen molar-refractivity contribution in [1.29, 1.82) is 0 Å². The van der Waals surface area contributed by atoms with Gasteiger partial charge in [-0.3, -0.25) is 4.79 Å². The number of fused-ring (bicyclic) bond motifs is 3. The van der Waals surface area contributed by atoms with E-state index < -0.39 is 0 Å². The molecule has 3 rings (SSSR count). The smallest absolute Gasteiger partial charge is 0.140 e. The van der Waals surface area contributed by atoms with Gasteiger partial charge in [0.05, 0.1) is 7.11 Å². The van der Waals surface area contributed by atoms with E-state index in [1.54, 1.807) is 7.11 Å². The molecule has 2 nitrogen and oxygen atoms in total. The normalized spacial score (nSPS) is 27.7. The van der Waals surface area contributed by atoms with Gasteiger partial charge in [-0.05, 0) is 42.0 Å². The summed E-state index contributed by atoms with van der Waals surface area (Å²) in [4.78, 5) is 11.7. The summed E-state index contributed by atoms with van der Waals surface area (Å²) in [5.41, 5.74) is 2.56. The van der Waals surface area contributed by atoms with Gasteiger partial charge in [0, 0.05) is 12.3 Å². The molecule has 1 saturated carbocycles. The number of rotatable bonds is 1. The Hall–Kier alpha value is -1.31. The highest BCUT2D eigenvalue weighted by Crippen LogP contribution is 2.48. The molecule has 78 valence electrons.